The first-order valence-electron chi connectivity index (χ1n) is 9.25. The largest absolute Gasteiger partial charge is 0.490 e. The van der Waals surface area contributed by atoms with Crippen LogP contribution in [0.3, 0.4) is 0 Å². The van der Waals surface area contributed by atoms with Crippen molar-refractivity contribution in [2.45, 2.75) is 38.2 Å². The van der Waals surface area contributed by atoms with E-state index in [4.69, 9.17) is 4.74 Å². The molecule has 2 aromatic heterocycles. The third-order valence-corrected chi connectivity index (χ3v) is 4.97. The summed E-state index contributed by atoms with van der Waals surface area (Å²) in [5, 5.41) is 0.718. The van der Waals surface area contributed by atoms with Gasteiger partial charge in [0.05, 0.1) is 5.52 Å². The van der Waals surface area contributed by atoms with Crippen LogP contribution in [0.4, 0.5) is 13.2 Å². The molecule has 0 bridgehead atoms. The number of ether oxygens (including phenoxy) is 1. The van der Waals surface area contributed by atoms with Gasteiger partial charge in [-0.2, -0.15) is 13.2 Å². The lowest BCUT2D eigenvalue weighted by Crippen LogP contribution is -2.37. The van der Waals surface area contributed by atoms with E-state index in [9.17, 15) is 13.2 Å². The van der Waals surface area contributed by atoms with Crippen LogP contribution in [-0.2, 0) is 13.1 Å². The number of nitrogens with zero attached hydrogens (tertiary/aromatic N) is 4. The zero-order chi connectivity index (χ0) is 19.6. The molecule has 0 atom stereocenters. The molecule has 0 unspecified atom stereocenters. The summed E-state index contributed by atoms with van der Waals surface area (Å²) < 4.78 is 45.6. The molecule has 0 amide bonds. The molecule has 1 fully saturated rings. The Labute approximate surface area is 160 Å². The highest BCUT2D eigenvalue weighted by Crippen LogP contribution is 2.31. The van der Waals surface area contributed by atoms with Gasteiger partial charge in [0.1, 0.15) is 24.7 Å². The number of fused-ring (bicyclic) bond motifs is 1. The molecule has 0 saturated carbocycles. The van der Waals surface area contributed by atoms with Gasteiger partial charge in [-0.1, -0.05) is 6.07 Å². The zero-order valence-electron chi connectivity index (χ0n) is 15.3. The highest BCUT2D eigenvalue weighted by atomic mass is 19.4. The first-order chi connectivity index (χ1) is 13.5. The monoisotopic (exact) mass is 390 g/mol. The normalized spacial score (nSPS) is 16.5. The summed E-state index contributed by atoms with van der Waals surface area (Å²) in [6.45, 7) is 1.60. The van der Waals surface area contributed by atoms with Crippen molar-refractivity contribution in [3.8, 4) is 5.75 Å². The molecule has 0 spiro atoms. The fourth-order valence-corrected chi connectivity index (χ4v) is 3.66. The van der Waals surface area contributed by atoms with E-state index in [0.29, 0.717) is 11.3 Å². The van der Waals surface area contributed by atoms with Crippen molar-refractivity contribution in [2.75, 3.05) is 13.1 Å². The Kier molecular flexibility index (Phi) is 5.21. The third kappa shape index (κ3) is 4.44. The molecule has 1 aromatic carbocycles. The van der Waals surface area contributed by atoms with Crippen molar-refractivity contribution in [1.82, 2.24) is 19.4 Å². The number of alkyl halides is 3. The average molecular weight is 390 g/mol. The Hall–Kier alpha value is -2.61. The molecule has 0 radical (unpaired) electrons. The summed E-state index contributed by atoms with van der Waals surface area (Å²) in [5.74, 6) is 0.647. The smallest absolute Gasteiger partial charge is 0.406 e. The first-order valence-corrected chi connectivity index (χ1v) is 9.25. The molecule has 3 heterocycles. The van der Waals surface area contributed by atoms with Gasteiger partial charge in [0, 0.05) is 49.2 Å². The fraction of sp³-hybridized carbons (Fsp3) is 0.400. The van der Waals surface area contributed by atoms with Crippen molar-refractivity contribution < 1.29 is 17.9 Å². The standard InChI is InChI=1S/C20H21F3N4O/c21-20(22,23)13-27-9-6-17-18(27)2-1-3-19(17)28-16-4-7-26(8-5-16)12-15-10-24-14-25-11-15/h1-3,6,9-11,14,16H,4-5,7-8,12-13H2. The van der Waals surface area contributed by atoms with Crippen molar-refractivity contribution >= 4 is 10.9 Å². The molecule has 1 aliphatic rings. The van der Waals surface area contributed by atoms with Crippen LogP contribution in [-0.4, -0.2) is 44.8 Å². The van der Waals surface area contributed by atoms with Crippen LogP contribution in [0.5, 0.6) is 5.75 Å². The van der Waals surface area contributed by atoms with Gasteiger partial charge in [-0.25, -0.2) is 9.97 Å². The molecular weight excluding hydrogens is 369 g/mol. The summed E-state index contributed by atoms with van der Waals surface area (Å²) in [7, 11) is 0. The third-order valence-electron chi connectivity index (χ3n) is 4.97. The Morgan fingerprint density at radius 3 is 2.54 bits per heavy atom. The number of piperidine rings is 1. The second-order valence-corrected chi connectivity index (χ2v) is 7.09. The van der Waals surface area contributed by atoms with Crippen molar-refractivity contribution in [2.24, 2.45) is 0 Å². The molecule has 0 N–H and O–H groups in total. The van der Waals surface area contributed by atoms with Crippen LogP contribution >= 0.6 is 0 Å². The van der Waals surface area contributed by atoms with E-state index in [-0.39, 0.29) is 6.10 Å². The van der Waals surface area contributed by atoms with E-state index >= 15 is 0 Å². The maximum Gasteiger partial charge on any atom is 0.406 e. The minimum absolute atomic E-state index is 0.0554. The summed E-state index contributed by atoms with van der Waals surface area (Å²) in [6.07, 6.45) is 4.17. The lowest BCUT2D eigenvalue weighted by Gasteiger charge is -2.32. The van der Waals surface area contributed by atoms with E-state index in [1.807, 2.05) is 18.5 Å². The summed E-state index contributed by atoms with van der Waals surface area (Å²) in [4.78, 5) is 10.4. The van der Waals surface area contributed by atoms with Gasteiger partial charge >= 0.3 is 6.18 Å². The second kappa shape index (κ2) is 7.79. The molecular formula is C20H21F3N4O. The number of hydrogen-bond donors (Lipinski definition) is 0. The summed E-state index contributed by atoms with van der Waals surface area (Å²) in [6, 6.07) is 6.96. The lowest BCUT2D eigenvalue weighted by atomic mass is 10.1. The first kappa shape index (κ1) is 18.7. The molecule has 3 aromatic rings. The maximum atomic E-state index is 12.7. The minimum atomic E-state index is -4.25. The molecule has 4 rings (SSSR count). The van der Waals surface area contributed by atoms with E-state index in [1.54, 1.807) is 18.2 Å². The molecule has 1 saturated heterocycles. The van der Waals surface area contributed by atoms with E-state index in [2.05, 4.69) is 14.9 Å². The Bertz CT molecular complexity index is 918. The number of benzene rings is 1. The van der Waals surface area contributed by atoms with Crippen molar-refractivity contribution in [3.63, 3.8) is 0 Å². The van der Waals surface area contributed by atoms with Gasteiger partial charge in [-0.15, -0.1) is 0 Å². The highest BCUT2D eigenvalue weighted by Gasteiger charge is 2.28. The van der Waals surface area contributed by atoms with Crippen molar-refractivity contribution in [3.05, 3.63) is 54.7 Å². The number of hydrogen-bond acceptors (Lipinski definition) is 4. The Balaban J connectivity index is 1.39. The number of rotatable bonds is 5. The molecule has 1 aliphatic heterocycles. The number of likely N-dealkylation sites (tertiary alicyclic amines) is 1. The summed E-state index contributed by atoms with van der Waals surface area (Å²) in [5.41, 5.74) is 1.62. The summed E-state index contributed by atoms with van der Waals surface area (Å²) >= 11 is 0. The fourth-order valence-electron chi connectivity index (χ4n) is 3.66. The van der Waals surface area contributed by atoms with Gasteiger partial charge in [-0.3, -0.25) is 4.90 Å². The van der Waals surface area contributed by atoms with E-state index in [0.717, 1.165) is 43.4 Å². The van der Waals surface area contributed by atoms with Gasteiger partial charge in [0.2, 0.25) is 0 Å². The lowest BCUT2D eigenvalue weighted by molar-refractivity contribution is -0.139. The minimum Gasteiger partial charge on any atom is -0.490 e. The zero-order valence-corrected chi connectivity index (χ0v) is 15.3. The molecule has 0 aliphatic carbocycles. The SMILES string of the molecule is FC(F)(F)Cn1ccc2c(OC3CCN(Cc4cncnc4)CC3)cccc21. The van der Waals surface area contributed by atoms with Gasteiger partial charge in [0.15, 0.2) is 0 Å². The second-order valence-electron chi connectivity index (χ2n) is 7.09. The van der Waals surface area contributed by atoms with Crippen LogP contribution in [0, 0.1) is 0 Å². The highest BCUT2D eigenvalue weighted by molar-refractivity contribution is 5.86. The number of halogens is 3. The quantitative estimate of drug-likeness (QED) is 0.660. The van der Waals surface area contributed by atoms with Gasteiger partial charge < -0.3 is 9.30 Å². The van der Waals surface area contributed by atoms with E-state index < -0.39 is 12.7 Å². The Morgan fingerprint density at radius 2 is 1.82 bits per heavy atom. The van der Waals surface area contributed by atoms with E-state index in [1.165, 1.54) is 17.1 Å². The van der Waals surface area contributed by atoms with Crippen LogP contribution in [0.15, 0.2) is 49.2 Å². The van der Waals surface area contributed by atoms with Gasteiger partial charge in [-0.05, 0) is 31.0 Å². The molecule has 148 valence electrons. The average Bonchev–Trinajstić information content (AvgIpc) is 3.06. The van der Waals surface area contributed by atoms with Crippen LogP contribution < -0.4 is 4.74 Å². The maximum absolute atomic E-state index is 12.7. The van der Waals surface area contributed by atoms with Gasteiger partial charge in [0.25, 0.3) is 0 Å². The Morgan fingerprint density at radius 1 is 1.07 bits per heavy atom. The number of aromatic nitrogens is 3. The predicted molar refractivity (Wildman–Crippen MR) is 99.0 cm³/mol. The predicted octanol–water partition coefficient (Wildman–Crippen LogP) is 4.04. The molecule has 28 heavy (non-hydrogen) atoms. The van der Waals surface area contributed by atoms with Crippen LogP contribution in [0.2, 0.25) is 0 Å². The van der Waals surface area contributed by atoms with Crippen LogP contribution in [0.25, 0.3) is 10.9 Å². The van der Waals surface area contributed by atoms with Crippen molar-refractivity contribution in [1.29, 1.82) is 0 Å². The van der Waals surface area contributed by atoms with Crippen LogP contribution in [0.1, 0.15) is 18.4 Å². The topological polar surface area (TPSA) is 43.2 Å². The molecule has 8 heteroatoms. The molecule has 5 nitrogen and oxygen atoms in total.